The van der Waals surface area contributed by atoms with Crippen molar-refractivity contribution in [3.63, 3.8) is 0 Å². The lowest BCUT2D eigenvalue weighted by Crippen LogP contribution is -2.57. The molecule has 0 radical (unpaired) electrons. The number of ether oxygens (including phenoxy) is 1. The van der Waals surface area contributed by atoms with Crippen LogP contribution in [0.25, 0.3) is 0 Å². The molecule has 1 aromatic rings. The van der Waals surface area contributed by atoms with E-state index in [0.717, 1.165) is 50.7 Å². The van der Waals surface area contributed by atoms with Gasteiger partial charge in [-0.3, -0.25) is 9.69 Å². The largest absolute Gasteiger partial charge is 0.378 e. The van der Waals surface area contributed by atoms with E-state index in [-0.39, 0.29) is 36.8 Å². The summed E-state index contributed by atoms with van der Waals surface area (Å²) in [6, 6.07) is 1.78. The molecule has 23 heavy (non-hydrogen) atoms. The molecule has 3 heterocycles. The Hall–Kier alpha value is -0.860. The highest BCUT2D eigenvalue weighted by atomic mass is 35.5. The minimum absolute atomic E-state index is 0. The van der Waals surface area contributed by atoms with Crippen LogP contribution in [0.1, 0.15) is 11.5 Å². The van der Waals surface area contributed by atoms with E-state index in [0.29, 0.717) is 13.2 Å². The number of hydrogen-bond acceptors (Lipinski definition) is 6. The summed E-state index contributed by atoms with van der Waals surface area (Å²) in [7, 11) is 0. The summed E-state index contributed by atoms with van der Waals surface area (Å²) >= 11 is 0. The molecule has 132 valence electrons. The van der Waals surface area contributed by atoms with Crippen molar-refractivity contribution < 1.29 is 14.1 Å². The molecule has 3 rings (SSSR count). The minimum Gasteiger partial charge on any atom is -0.378 e. The van der Waals surface area contributed by atoms with Gasteiger partial charge in [0.2, 0.25) is 5.91 Å². The molecule has 9 heteroatoms. The van der Waals surface area contributed by atoms with Crippen LogP contribution in [0.4, 0.5) is 0 Å². The first-order valence-electron chi connectivity index (χ1n) is 7.47. The van der Waals surface area contributed by atoms with Crippen molar-refractivity contribution in [2.24, 2.45) is 0 Å². The molecule has 2 aliphatic heterocycles. The second kappa shape index (κ2) is 9.44. The van der Waals surface area contributed by atoms with Crippen molar-refractivity contribution >= 4 is 30.7 Å². The van der Waals surface area contributed by atoms with Crippen molar-refractivity contribution in [1.29, 1.82) is 0 Å². The summed E-state index contributed by atoms with van der Waals surface area (Å²) < 4.78 is 10.4. The number of piperazine rings is 1. The molecule has 1 atom stereocenters. The summed E-state index contributed by atoms with van der Waals surface area (Å²) in [5, 5.41) is 7.23. The maximum Gasteiger partial charge on any atom is 0.242 e. The molecule has 0 saturated carbocycles. The van der Waals surface area contributed by atoms with Crippen LogP contribution in [0.15, 0.2) is 10.6 Å². The number of nitrogens with zero attached hydrogens (tertiary/aromatic N) is 3. The number of aromatic nitrogens is 1. The highest BCUT2D eigenvalue weighted by Crippen LogP contribution is 2.10. The van der Waals surface area contributed by atoms with Gasteiger partial charge in [0.15, 0.2) is 0 Å². The molecular weight excluding hydrogens is 343 g/mol. The van der Waals surface area contributed by atoms with Gasteiger partial charge in [-0.05, 0) is 6.92 Å². The summed E-state index contributed by atoms with van der Waals surface area (Å²) in [6.07, 6.45) is 0. The topological polar surface area (TPSA) is 70.8 Å². The second-order valence-electron chi connectivity index (χ2n) is 5.61. The van der Waals surface area contributed by atoms with E-state index < -0.39 is 0 Å². The molecule has 2 aliphatic rings. The molecule has 2 saturated heterocycles. The fraction of sp³-hybridized carbons (Fsp3) is 0.714. The van der Waals surface area contributed by atoms with Gasteiger partial charge in [0.1, 0.15) is 11.8 Å². The van der Waals surface area contributed by atoms with Crippen molar-refractivity contribution in [3.05, 3.63) is 17.5 Å². The van der Waals surface area contributed by atoms with Crippen LogP contribution in [0.2, 0.25) is 0 Å². The van der Waals surface area contributed by atoms with E-state index in [2.05, 4.69) is 15.4 Å². The number of carbonyl (C=O) groups excluding carboxylic acids is 1. The van der Waals surface area contributed by atoms with Crippen LogP contribution < -0.4 is 5.32 Å². The SMILES string of the molecule is Cc1cc(CN2CCN(C(=O)C3COCCN3)CC2)no1.Cl.Cl. The third-order valence-corrected chi connectivity index (χ3v) is 3.97. The second-order valence-corrected chi connectivity index (χ2v) is 5.61. The number of rotatable bonds is 3. The van der Waals surface area contributed by atoms with Crippen LogP contribution >= 0.6 is 24.8 Å². The van der Waals surface area contributed by atoms with Crippen LogP contribution in [0.5, 0.6) is 0 Å². The number of amides is 1. The van der Waals surface area contributed by atoms with Gasteiger partial charge in [0.25, 0.3) is 0 Å². The van der Waals surface area contributed by atoms with Gasteiger partial charge >= 0.3 is 0 Å². The molecular formula is C14H24Cl2N4O3. The van der Waals surface area contributed by atoms with Crippen LogP contribution in [-0.2, 0) is 16.1 Å². The van der Waals surface area contributed by atoms with Crippen LogP contribution in [-0.4, -0.2) is 72.8 Å². The van der Waals surface area contributed by atoms with Gasteiger partial charge in [-0.15, -0.1) is 24.8 Å². The van der Waals surface area contributed by atoms with E-state index in [4.69, 9.17) is 9.26 Å². The van der Waals surface area contributed by atoms with Gasteiger partial charge in [-0.1, -0.05) is 5.16 Å². The van der Waals surface area contributed by atoms with Crippen LogP contribution in [0.3, 0.4) is 0 Å². The number of carbonyl (C=O) groups is 1. The van der Waals surface area contributed by atoms with Crippen LogP contribution in [0, 0.1) is 6.92 Å². The molecule has 7 nitrogen and oxygen atoms in total. The average Bonchev–Trinajstić information content (AvgIpc) is 2.93. The van der Waals surface area contributed by atoms with E-state index in [9.17, 15) is 4.79 Å². The van der Waals surface area contributed by atoms with Crippen molar-refractivity contribution in [3.8, 4) is 0 Å². The Morgan fingerprint density at radius 1 is 1.35 bits per heavy atom. The van der Waals surface area contributed by atoms with Gasteiger partial charge in [0.05, 0.1) is 18.9 Å². The average molecular weight is 367 g/mol. The Labute approximate surface area is 148 Å². The normalized spacial score (nSPS) is 22.1. The molecule has 1 amide bonds. The molecule has 1 N–H and O–H groups in total. The van der Waals surface area contributed by atoms with E-state index in [1.807, 2.05) is 17.9 Å². The number of halogens is 2. The number of hydrogen-bond donors (Lipinski definition) is 1. The van der Waals surface area contributed by atoms with Gasteiger partial charge in [0, 0.05) is 45.3 Å². The first kappa shape index (κ1) is 20.2. The van der Waals surface area contributed by atoms with E-state index >= 15 is 0 Å². The summed E-state index contributed by atoms with van der Waals surface area (Å²) in [5.41, 5.74) is 0.953. The first-order chi connectivity index (χ1) is 10.2. The summed E-state index contributed by atoms with van der Waals surface area (Å²) in [6.45, 7) is 7.85. The molecule has 0 aliphatic carbocycles. The number of morpholine rings is 1. The lowest BCUT2D eigenvalue weighted by molar-refractivity contribution is -0.138. The standard InChI is InChI=1S/C14H22N4O3.2ClH/c1-11-8-12(16-21-11)9-17-3-5-18(6-4-17)14(19)13-10-20-7-2-15-13;;/h8,13,15H,2-7,9-10H2,1H3;2*1H. The lowest BCUT2D eigenvalue weighted by atomic mass is 10.2. The Kier molecular flexibility index (Phi) is 8.28. The monoisotopic (exact) mass is 366 g/mol. The predicted octanol–water partition coefficient (Wildman–Crippen LogP) is 0.459. The molecule has 0 bridgehead atoms. The Morgan fingerprint density at radius 2 is 2.09 bits per heavy atom. The molecule has 0 spiro atoms. The maximum atomic E-state index is 12.4. The highest BCUT2D eigenvalue weighted by Gasteiger charge is 2.28. The Bertz CT molecular complexity index is 486. The molecule has 0 aromatic carbocycles. The van der Waals surface area contributed by atoms with Crippen molar-refractivity contribution in [1.82, 2.24) is 20.3 Å². The molecule has 2 fully saturated rings. The zero-order chi connectivity index (χ0) is 14.7. The van der Waals surface area contributed by atoms with Gasteiger partial charge in [-0.2, -0.15) is 0 Å². The highest BCUT2D eigenvalue weighted by molar-refractivity contribution is 5.85. The summed E-state index contributed by atoms with van der Waals surface area (Å²) in [4.78, 5) is 16.6. The minimum atomic E-state index is -0.177. The third kappa shape index (κ3) is 5.32. The quantitative estimate of drug-likeness (QED) is 0.837. The first-order valence-corrected chi connectivity index (χ1v) is 7.47. The fourth-order valence-electron chi connectivity index (χ4n) is 2.79. The molecule has 1 aromatic heterocycles. The number of aryl methyl sites for hydroxylation is 1. The van der Waals surface area contributed by atoms with E-state index in [1.165, 1.54) is 0 Å². The van der Waals surface area contributed by atoms with Crippen molar-refractivity contribution in [2.45, 2.75) is 19.5 Å². The Balaban J connectivity index is 0.00000132. The number of nitrogens with one attached hydrogen (secondary N) is 1. The fourth-order valence-corrected chi connectivity index (χ4v) is 2.79. The Morgan fingerprint density at radius 3 is 2.65 bits per heavy atom. The third-order valence-electron chi connectivity index (χ3n) is 3.97. The lowest BCUT2D eigenvalue weighted by Gasteiger charge is -2.36. The van der Waals surface area contributed by atoms with Crippen molar-refractivity contribution in [2.75, 3.05) is 45.9 Å². The molecule has 1 unspecified atom stereocenters. The van der Waals surface area contributed by atoms with Gasteiger partial charge < -0.3 is 19.5 Å². The maximum absolute atomic E-state index is 12.4. The predicted molar refractivity (Wildman–Crippen MR) is 90.2 cm³/mol. The van der Waals surface area contributed by atoms with E-state index in [1.54, 1.807) is 0 Å². The smallest absolute Gasteiger partial charge is 0.242 e. The van der Waals surface area contributed by atoms with Gasteiger partial charge in [-0.25, -0.2) is 0 Å². The zero-order valence-corrected chi connectivity index (χ0v) is 14.8. The summed E-state index contributed by atoms with van der Waals surface area (Å²) in [5.74, 6) is 0.994. The zero-order valence-electron chi connectivity index (χ0n) is 13.2.